The second-order valence-corrected chi connectivity index (χ2v) is 9.40. The Morgan fingerprint density at radius 1 is 0.889 bits per heavy atom. The van der Waals surface area contributed by atoms with E-state index in [-0.39, 0.29) is 18.1 Å². The predicted octanol–water partition coefficient (Wildman–Crippen LogP) is 5.88. The van der Waals surface area contributed by atoms with Gasteiger partial charge in [0.25, 0.3) is 0 Å². The first kappa shape index (κ1) is 26.1. The molecule has 1 heterocycles. The molecule has 0 bridgehead atoms. The highest BCUT2D eigenvalue weighted by Crippen LogP contribution is 2.33. The van der Waals surface area contributed by atoms with Crippen molar-refractivity contribution in [2.45, 2.75) is 56.9 Å². The molecule has 3 aromatic rings. The fourth-order valence-electron chi connectivity index (χ4n) is 4.99. The Hall–Kier alpha value is -3.02. The Morgan fingerprint density at radius 2 is 1.47 bits per heavy atom. The van der Waals surface area contributed by atoms with Crippen LogP contribution in [0.15, 0.2) is 110 Å². The average molecular weight is 484 g/mol. The molecule has 5 atom stereocenters. The zero-order chi connectivity index (χ0) is 25.2. The number of ether oxygens (including phenoxy) is 2. The zero-order valence-electron chi connectivity index (χ0n) is 21.0. The van der Waals surface area contributed by atoms with Crippen LogP contribution in [0.5, 0.6) is 0 Å². The highest BCUT2D eigenvalue weighted by atomic mass is 16.5. The smallest absolute Gasteiger partial charge is 0.103 e. The van der Waals surface area contributed by atoms with Gasteiger partial charge in [0, 0.05) is 6.04 Å². The fraction of sp³-hybridized carbons (Fsp3) is 0.312. The number of nitrogens with zero attached hydrogens (tertiary/aromatic N) is 1. The van der Waals surface area contributed by atoms with E-state index in [0.29, 0.717) is 19.8 Å². The Morgan fingerprint density at radius 3 is 2.08 bits per heavy atom. The third-order valence-corrected chi connectivity index (χ3v) is 6.78. The lowest BCUT2D eigenvalue weighted by molar-refractivity contribution is -0.0585. The van der Waals surface area contributed by atoms with Gasteiger partial charge in [-0.05, 0) is 30.0 Å². The molecule has 36 heavy (non-hydrogen) atoms. The van der Waals surface area contributed by atoms with E-state index in [1.165, 1.54) is 0 Å². The number of hydrogen-bond donors (Lipinski definition) is 1. The van der Waals surface area contributed by atoms with Crippen LogP contribution >= 0.6 is 0 Å². The molecular formula is C32H37NO3. The van der Waals surface area contributed by atoms with Crippen molar-refractivity contribution in [1.29, 1.82) is 0 Å². The molecule has 4 rings (SSSR count). The molecule has 1 aliphatic rings. The maximum absolute atomic E-state index is 11.6. The van der Waals surface area contributed by atoms with Gasteiger partial charge >= 0.3 is 0 Å². The second kappa shape index (κ2) is 13.3. The quantitative estimate of drug-likeness (QED) is 0.327. The normalized spacial score (nSPS) is 23.2. The summed E-state index contributed by atoms with van der Waals surface area (Å²) in [6, 6.07) is 30.3. The molecule has 1 saturated heterocycles. The molecule has 0 aromatic heterocycles. The molecule has 1 fully saturated rings. The summed E-state index contributed by atoms with van der Waals surface area (Å²) in [5.74, 6) is 0. The second-order valence-electron chi connectivity index (χ2n) is 9.40. The molecule has 4 nitrogen and oxygen atoms in total. The van der Waals surface area contributed by atoms with Gasteiger partial charge in [0.15, 0.2) is 0 Å². The van der Waals surface area contributed by atoms with Crippen LogP contribution in [-0.2, 0) is 22.7 Å². The van der Waals surface area contributed by atoms with Crippen molar-refractivity contribution >= 4 is 6.08 Å². The van der Waals surface area contributed by atoms with Crippen LogP contribution in [0.3, 0.4) is 0 Å². The molecule has 188 valence electrons. The van der Waals surface area contributed by atoms with E-state index in [1.54, 1.807) is 0 Å². The van der Waals surface area contributed by atoms with Crippen molar-refractivity contribution in [3.8, 4) is 0 Å². The summed E-state index contributed by atoms with van der Waals surface area (Å²) >= 11 is 0. The highest BCUT2D eigenvalue weighted by Gasteiger charge is 2.49. The summed E-state index contributed by atoms with van der Waals surface area (Å²) < 4.78 is 12.6. The van der Waals surface area contributed by atoms with Gasteiger partial charge in [-0.3, -0.25) is 4.90 Å². The Kier molecular flexibility index (Phi) is 9.65. The lowest BCUT2D eigenvalue weighted by Gasteiger charge is -2.34. The first-order valence-corrected chi connectivity index (χ1v) is 12.7. The van der Waals surface area contributed by atoms with Gasteiger partial charge < -0.3 is 14.6 Å². The molecule has 4 heteroatoms. The zero-order valence-corrected chi connectivity index (χ0v) is 21.0. The van der Waals surface area contributed by atoms with E-state index >= 15 is 0 Å². The predicted molar refractivity (Wildman–Crippen MR) is 146 cm³/mol. The van der Waals surface area contributed by atoms with E-state index in [0.717, 1.165) is 23.1 Å². The van der Waals surface area contributed by atoms with Crippen molar-refractivity contribution in [1.82, 2.24) is 4.90 Å². The summed E-state index contributed by atoms with van der Waals surface area (Å²) in [6.07, 6.45) is 5.86. The maximum Gasteiger partial charge on any atom is 0.103 e. The largest absolute Gasteiger partial charge is 0.388 e. The van der Waals surface area contributed by atoms with Crippen molar-refractivity contribution in [2.24, 2.45) is 0 Å². The Labute approximate surface area is 215 Å². The van der Waals surface area contributed by atoms with Gasteiger partial charge in [-0.1, -0.05) is 109 Å². The third kappa shape index (κ3) is 6.80. The number of aliphatic hydroxyl groups excluding tert-OH is 1. The van der Waals surface area contributed by atoms with E-state index in [1.807, 2.05) is 72.8 Å². The van der Waals surface area contributed by atoms with Crippen LogP contribution in [0.2, 0.25) is 0 Å². The molecule has 3 aromatic carbocycles. The van der Waals surface area contributed by atoms with Crippen LogP contribution in [0.4, 0.5) is 0 Å². The molecule has 0 saturated carbocycles. The summed E-state index contributed by atoms with van der Waals surface area (Å²) in [6.45, 7) is 7.57. The van der Waals surface area contributed by atoms with Crippen molar-refractivity contribution in [2.75, 3.05) is 6.61 Å². The SMILES string of the molecule is C=CC[C@@H](C)N1[C@H](/C=C/c2ccccc2)[C@@H](O)[C@@H](OCc2ccccc2)[C@H]1COCc1ccccc1. The lowest BCUT2D eigenvalue weighted by atomic mass is 10.1. The molecule has 0 amide bonds. The molecule has 0 aliphatic carbocycles. The first-order chi connectivity index (χ1) is 17.7. The lowest BCUT2D eigenvalue weighted by Crippen LogP contribution is -2.47. The van der Waals surface area contributed by atoms with Crippen LogP contribution in [0.25, 0.3) is 6.08 Å². The van der Waals surface area contributed by atoms with Gasteiger partial charge in [0.1, 0.15) is 12.2 Å². The standard InChI is InChI=1S/C32H37NO3/c1-3-13-25(2)33-29(21-20-26-14-7-4-8-15-26)31(34)32(36-23-28-18-11-6-12-19-28)30(33)24-35-22-27-16-9-5-10-17-27/h3-12,14-21,25,29-32,34H,1,13,22-24H2,2H3/b21-20+/t25-,29-,30-,31-,32+/m1/s1. The fourth-order valence-corrected chi connectivity index (χ4v) is 4.99. The number of benzene rings is 3. The van der Waals surface area contributed by atoms with Gasteiger partial charge in [-0.2, -0.15) is 0 Å². The Balaban J connectivity index is 1.58. The summed E-state index contributed by atoms with van der Waals surface area (Å²) in [5, 5.41) is 11.6. The van der Waals surface area contributed by atoms with Crippen LogP contribution in [0, 0.1) is 0 Å². The molecule has 0 radical (unpaired) electrons. The number of aliphatic hydroxyl groups is 1. The topological polar surface area (TPSA) is 41.9 Å². The first-order valence-electron chi connectivity index (χ1n) is 12.7. The highest BCUT2D eigenvalue weighted by molar-refractivity contribution is 5.50. The van der Waals surface area contributed by atoms with E-state index in [9.17, 15) is 5.11 Å². The van der Waals surface area contributed by atoms with Crippen LogP contribution in [-0.4, -0.2) is 46.9 Å². The third-order valence-electron chi connectivity index (χ3n) is 6.78. The van der Waals surface area contributed by atoms with Gasteiger partial charge in [0.2, 0.25) is 0 Å². The van der Waals surface area contributed by atoms with Crippen molar-refractivity contribution in [3.63, 3.8) is 0 Å². The van der Waals surface area contributed by atoms with E-state index < -0.39 is 12.2 Å². The van der Waals surface area contributed by atoms with E-state index in [4.69, 9.17) is 9.47 Å². The minimum Gasteiger partial charge on any atom is -0.388 e. The van der Waals surface area contributed by atoms with Gasteiger partial charge in [-0.25, -0.2) is 0 Å². The van der Waals surface area contributed by atoms with Crippen molar-refractivity contribution in [3.05, 3.63) is 126 Å². The average Bonchev–Trinajstić information content (AvgIpc) is 3.18. The minimum atomic E-state index is -0.689. The van der Waals surface area contributed by atoms with Gasteiger partial charge in [-0.15, -0.1) is 6.58 Å². The molecule has 0 spiro atoms. The van der Waals surface area contributed by atoms with Crippen LogP contribution < -0.4 is 0 Å². The summed E-state index contributed by atoms with van der Waals surface area (Å²) in [7, 11) is 0. The number of hydrogen-bond acceptors (Lipinski definition) is 4. The van der Waals surface area contributed by atoms with Gasteiger partial charge in [0.05, 0.1) is 31.9 Å². The molecular weight excluding hydrogens is 446 g/mol. The Bertz CT molecular complexity index is 1070. The minimum absolute atomic E-state index is 0.104. The maximum atomic E-state index is 11.6. The molecule has 1 N–H and O–H groups in total. The number of rotatable bonds is 12. The van der Waals surface area contributed by atoms with Crippen LogP contribution in [0.1, 0.15) is 30.0 Å². The summed E-state index contributed by atoms with van der Waals surface area (Å²) in [5.41, 5.74) is 3.32. The molecule has 0 unspecified atom stereocenters. The van der Waals surface area contributed by atoms with E-state index in [2.05, 4.69) is 54.8 Å². The molecule has 1 aliphatic heterocycles. The van der Waals surface area contributed by atoms with Crippen molar-refractivity contribution < 1.29 is 14.6 Å². The number of likely N-dealkylation sites (tertiary alicyclic amines) is 1. The summed E-state index contributed by atoms with van der Waals surface area (Å²) in [4.78, 5) is 2.35. The monoisotopic (exact) mass is 483 g/mol.